The lowest BCUT2D eigenvalue weighted by atomic mass is 10.3. The van der Waals surface area contributed by atoms with Crippen LogP contribution >= 0.6 is 11.3 Å². The van der Waals surface area contributed by atoms with Crippen LogP contribution in [0.1, 0.15) is 6.92 Å². The first-order chi connectivity index (χ1) is 7.38. The van der Waals surface area contributed by atoms with E-state index in [1.807, 2.05) is 18.3 Å². The summed E-state index contributed by atoms with van der Waals surface area (Å²) in [6.45, 7) is 2.74. The molecule has 0 radical (unpaired) electrons. The Labute approximate surface area is 104 Å². The first kappa shape index (κ1) is 11.0. The molecule has 2 aromatic rings. The maximum Gasteiger partial charge on any atom is 0.369 e. The molecule has 15 heavy (non-hydrogen) atoms. The zero-order valence-corrected chi connectivity index (χ0v) is 11.4. The Hall–Kier alpha value is -0.550. The van der Waals surface area contributed by atoms with E-state index in [1.165, 1.54) is 6.45 Å². The second-order valence-electron chi connectivity index (χ2n) is 2.90. The van der Waals surface area contributed by atoms with Gasteiger partial charge in [-0.1, -0.05) is 11.3 Å². The molecule has 0 aliphatic carbocycles. The molecule has 1 aromatic heterocycles. The minimum absolute atomic E-state index is 0.00670. The maximum absolute atomic E-state index is 5.41. The van der Waals surface area contributed by atoms with E-state index >= 15 is 0 Å². The second-order valence-corrected chi connectivity index (χ2v) is 7.53. The smallest absolute Gasteiger partial charge is 0.369 e. The van der Waals surface area contributed by atoms with Crippen LogP contribution in [0.25, 0.3) is 0 Å². The van der Waals surface area contributed by atoms with E-state index in [9.17, 15) is 0 Å². The summed E-state index contributed by atoms with van der Waals surface area (Å²) in [5.41, 5.74) is 0. The average Bonchev–Trinajstić information content (AvgIpc) is 2.74. The Morgan fingerprint density at radius 2 is 2.00 bits per heavy atom. The highest BCUT2D eigenvalue weighted by Gasteiger charge is 2.15. The summed E-state index contributed by atoms with van der Waals surface area (Å²) in [6.07, 6.45) is 0. The Balaban J connectivity index is 2.04. The summed E-state index contributed by atoms with van der Waals surface area (Å²) >= 11 is 1.86. The fourth-order valence-electron chi connectivity index (χ4n) is 1.18. The van der Waals surface area contributed by atoms with Gasteiger partial charge in [0, 0.05) is 6.07 Å². The zero-order chi connectivity index (χ0) is 10.5. The molecule has 0 unspecified atom stereocenters. The van der Waals surface area contributed by atoms with Crippen LogP contribution in [-0.4, -0.2) is 6.61 Å². The van der Waals surface area contributed by atoms with Crippen molar-refractivity contribution in [1.82, 2.24) is 0 Å². The van der Waals surface area contributed by atoms with Crippen molar-refractivity contribution >= 4 is 11.3 Å². The van der Waals surface area contributed by atoms with Crippen LogP contribution < -0.4 is 25.9 Å². The van der Waals surface area contributed by atoms with E-state index in [4.69, 9.17) is 4.74 Å². The van der Waals surface area contributed by atoms with Crippen LogP contribution in [0.5, 0.6) is 5.75 Å². The number of rotatable bonds is 4. The fourth-order valence-corrected chi connectivity index (χ4v) is 4.81. The second kappa shape index (κ2) is 5.51. The van der Waals surface area contributed by atoms with Crippen molar-refractivity contribution in [3.63, 3.8) is 0 Å². The van der Waals surface area contributed by atoms with Crippen LogP contribution in [0, 0.1) is 6.45 Å². The Bertz CT molecular complexity index is 394. The lowest BCUT2D eigenvalue weighted by Gasteiger charge is -1.99. The van der Waals surface area contributed by atoms with Gasteiger partial charge in [-0.15, -0.1) is 0 Å². The summed E-state index contributed by atoms with van der Waals surface area (Å²) in [6, 6.07) is 12.8. The zero-order valence-electron chi connectivity index (χ0n) is 8.44. The van der Waals surface area contributed by atoms with Crippen LogP contribution in [0.3, 0.4) is 0 Å². The average molecular weight is 331 g/mol. The van der Waals surface area contributed by atoms with Gasteiger partial charge in [0.05, 0.1) is 6.61 Å². The van der Waals surface area contributed by atoms with Gasteiger partial charge in [0.25, 0.3) is 0 Å². The van der Waals surface area contributed by atoms with Gasteiger partial charge >= 0.3 is 21.2 Å². The van der Waals surface area contributed by atoms with Crippen molar-refractivity contribution in [2.75, 3.05) is 6.61 Å². The molecule has 0 bridgehead atoms. The molecule has 0 amide bonds. The predicted octanol–water partition coefficient (Wildman–Crippen LogP) is 0.275. The molecular formula is C12H12IOS+. The molecule has 1 heterocycles. The lowest BCUT2D eigenvalue weighted by molar-refractivity contribution is -0.591. The molecule has 0 spiro atoms. The van der Waals surface area contributed by atoms with E-state index in [2.05, 4.69) is 41.8 Å². The van der Waals surface area contributed by atoms with Gasteiger partial charge in [-0.2, -0.15) is 0 Å². The van der Waals surface area contributed by atoms with Crippen LogP contribution in [-0.2, 0) is 0 Å². The molecule has 0 saturated heterocycles. The molecule has 0 aliphatic rings. The quantitative estimate of drug-likeness (QED) is 0.731. The number of hydrogen-bond acceptors (Lipinski definition) is 2. The number of hydrogen-bond donors (Lipinski definition) is 0. The van der Waals surface area contributed by atoms with Gasteiger partial charge in [-0.3, -0.25) is 0 Å². The molecular weight excluding hydrogens is 319 g/mol. The Kier molecular flexibility index (Phi) is 4.02. The molecule has 0 aliphatic heterocycles. The maximum atomic E-state index is 5.41. The monoisotopic (exact) mass is 331 g/mol. The first-order valence-electron chi connectivity index (χ1n) is 4.79. The Morgan fingerprint density at radius 1 is 1.20 bits per heavy atom. The lowest BCUT2D eigenvalue weighted by Crippen LogP contribution is -3.61. The van der Waals surface area contributed by atoms with Crippen molar-refractivity contribution in [3.8, 4) is 5.75 Å². The molecule has 1 aromatic carbocycles. The molecule has 2 rings (SSSR count). The standard InChI is InChI=1S/C12H12IOS/c1-2-14-11-7-5-10(6-8-11)13-12-4-3-9-15-12/h3-9H,2H2,1H3/q+1. The number of halogens is 1. The van der Waals surface area contributed by atoms with Gasteiger partial charge in [0.1, 0.15) is 5.75 Å². The van der Waals surface area contributed by atoms with Gasteiger partial charge in [-0.25, -0.2) is 0 Å². The van der Waals surface area contributed by atoms with Crippen molar-refractivity contribution in [1.29, 1.82) is 0 Å². The topological polar surface area (TPSA) is 9.23 Å². The van der Waals surface area contributed by atoms with Crippen molar-refractivity contribution in [3.05, 3.63) is 48.2 Å². The number of benzene rings is 1. The largest absolute Gasteiger partial charge is 0.494 e. The van der Waals surface area contributed by atoms with E-state index in [1.54, 1.807) is 0 Å². The third-order valence-corrected chi connectivity index (χ3v) is 5.98. The normalized spacial score (nSPS) is 10.2. The van der Waals surface area contributed by atoms with Crippen molar-refractivity contribution < 1.29 is 25.9 Å². The molecule has 0 saturated carbocycles. The van der Waals surface area contributed by atoms with Gasteiger partial charge in [-0.05, 0) is 42.6 Å². The van der Waals surface area contributed by atoms with E-state index in [0.29, 0.717) is 0 Å². The summed E-state index contributed by atoms with van der Waals surface area (Å²) < 4.78 is 8.37. The molecule has 0 atom stereocenters. The van der Waals surface area contributed by atoms with Crippen LogP contribution in [0.4, 0.5) is 0 Å². The Morgan fingerprint density at radius 3 is 2.60 bits per heavy atom. The molecule has 3 heteroatoms. The highest BCUT2D eigenvalue weighted by atomic mass is 127. The van der Waals surface area contributed by atoms with Gasteiger partial charge < -0.3 is 4.74 Å². The molecule has 78 valence electrons. The highest BCUT2D eigenvalue weighted by molar-refractivity contribution is 7.07. The summed E-state index contributed by atoms with van der Waals surface area (Å²) in [7, 11) is 0. The number of thiophene rings is 1. The van der Waals surface area contributed by atoms with Crippen LogP contribution in [0.15, 0.2) is 41.8 Å². The summed E-state index contributed by atoms with van der Waals surface area (Å²) in [4.78, 5) is 0. The van der Waals surface area contributed by atoms with Gasteiger partial charge in [0.2, 0.25) is 2.88 Å². The molecule has 0 N–H and O–H groups in total. The SMILES string of the molecule is CCOc1ccc([I+]c2cccs2)cc1. The van der Waals surface area contributed by atoms with E-state index < -0.39 is 0 Å². The van der Waals surface area contributed by atoms with Gasteiger partial charge in [0.15, 0.2) is 3.57 Å². The minimum Gasteiger partial charge on any atom is -0.494 e. The molecule has 1 nitrogen and oxygen atoms in total. The third kappa shape index (κ3) is 3.21. The number of ether oxygens (including phenoxy) is 1. The van der Waals surface area contributed by atoms with Crippen molar-refractivity contribution in [2.24, 2.45) is 0 Å². The highest BCUT2D eigenvalue weighted by Crippen LogP contribution is 2.07. The summed E-state index contributed by atoms with van der Waals surface area (Å²) in [5, 5.41) is 2.14. The van der Waals surface area contributed by atoms with Crippen LogP contribution in [0.2, 0.25) is 0 Å². The minimum atomic E-state index is 0.00670. The third-order valence-electron chi connectivity index (χ3n) is 1.81. The predicted molar refractivity (Wildman–Crippen MR) is 59.3 cm³/mol. The molecule has 0 fully saturated rings. The van der Waals surface area contributed by atoms with Crippen molar-refractivity contribution in [2.45, 2.75) is 6.92 Å². The summed E-state index contributed by atoms with van der Waals surface area (Å²) in [5.74, 6) is 0.969. The van der Waals surface area contributed by atoms with E-state index in [0.717, 1.165) is 12.4 Å². The van der Waals surface area contributed by atoms with E-state index in [-0.39, 0.29) is 21.2 Å². The fraction of sp³-hybridized carbons (Fsp3) is 0.167. The first-order valence-corrected chi connectivity index (χ1v) is 7.83.